The molecule has 2 unspecified atom stereocenters. The zero-order valence-electron chi connectivity index (χ0n) is 9.74. The van der Waals surface area contributed by atoms with Crippen LogP contribution in [0.3, 0.4) is 0 Å². The molecule has 1 nitrogen and oxygen atoms in total. The first-order chi connectivity index (χ1) is 7.97. The molecule has 0 amide bonds. The minimum atomic E-state index is -4.01. The molecule has 17 heavy (non-hydrogen) atoms. The van der Waals surface area contributed by atoms with Gasteiger partial charge in [-0.25, -0.2) is 0 Å². The summed E-state index contributed by atoms with van der Waals surface area (Å²) in [6.45, 7) is 1.74. The lowest BCUT2D eigenvalue weighted by atomic mass is 9.98. The van der Waals surface area contributed by atoms with Crippen LogP contribution in [0.1, 0.15) is 12.6 Å². The van der Waals surface area contributed by atoms with E-state index in [9.17, 15) is 13.2 Å². The first-order valence-corrected chi connectivity index (χ1v) is 8.38. The van der Waals surface area contributed by atoms with Gasteiger partial charge in [0.2, 0.25) is 0 Å². The van der Waals surface area contributed by atoms with Crippen LogP contribution >= 0.6 is 0 Å². The van der Waals surface area contributed by atoms with E-state index in [4.69, 9.17) is 0 Å². The second-order valence-corrected chi connectivity index (χ2v) is 8.07. The summed E-state index contributed by atoms with van der Waals surface area (Å²) in [5, 5.41) is 1.99. The molecule has 2 heterocycles. The van der Waals surface area contributed by atoms with Gasteiger partial charge in [0.15, 0.2) is 0 Å². The summed E-state index contributed by atoms with van der Waals surface area (Å²) >= 11 is -1.31. The van der Waals surface area contributed by atoms with Crippen molar-refractivity contribution < 1.29 is 13.2 Å². The second-order valence-electron chi connectivity index (χ2n) is 4.99. The molecule has 2 atom stereocenters. The Balaban J connectivity index is 1.98. The van der Waals surface area contributed by atoms with Crippen LogP contribution in [0, 0.1) is 11.8 Å². The lowest BCUT2D eigenvalue weighted by molar-refractivity contribution is -0.177. The van der Waals surface area contributed by atoms with Crippen molar-refractivity contribution in [1.82, 2.24) is 4.98 Å². The maximum Gasteiger partial charge on any atom is 0.390 e. The van der Waals surface area contributed by atoms with Crippen molar-refractivity contribution >= 4 is 14.1 Å². The van der Waals surface area contributed by atoms with Crippen molar-refractivity contribution in [3.05, 3.63) is 30.1 Å². The Morgan fingerprint density at radius 2 is 2.12 bits per heavy atom. The maximum absolute atomic E-state index is 12.7. The first-order valence-electron chi connectivity index (χ1n) is 5.93. The molecular formula is C12H15AlF3N. The fraction of sp³-hybridized carbons (Fsp3) is 0.583. The lowest BCUT2D eigenvalue weighted by Crippen LogP contribution is -2.25. The average molecular weight is 257 g/mol. The van der Waals surface area contributed by atoms with Gasteiger partial charge < -0.3 is 0 Å². The number of hydrogen-bond donors (Lipinski definition) is 0. The highest BCUT2D eigenvalue weighted by atomic mass is 27.2. The van der Waals surface area contributed by atoms with Gasteiger partial charge in [-0.05, 0) is 18.1 Å². The third-order valence-corrected chi connectivity index (χ3v) is 7.20. The molecule has 1 aliphatic rings. The Labute approximate surface area is 103 Å². The lowest BCUT2D eigenvalue weighted by Gasteiger charge is -2.19. The standard InChI is InChI=1S/C6H9F3.C6H6N.Al/c1-4(2)5(3)6(7,8)9;1-6-4-2-3-5-7-6;/h4-5H,1,3H2,2H3;2-5H,1H2;. The predicted octanol–water partition coefficient (Wildman–Crippen LogP) is 3.49. The number of nitrogens with zero attached hydrogens (tertiary/aromatic N) is 1. The summed E-state index contributed by atoms with van der Waals surface area (Å²) in [4.78, 5) is 4.21. The van der Waals surface area contributed by atoms with Crippen LogP contribution in [0.2, 0.25) is 10.6 Å². The molecule has 0 radical (unpaired) electrons. The van der Waals surface area contributed by atoms with Gasteiger partial charge in [-0.15, -0.1) is 0 Å². The Bertz CT molecular complexity index is 366. The zero-order valence-corrected chi connectivity index (χ0v) is 10.9. The molecule has 1 fully saturated rings. The topological polar surface area (TPSA) is 12.9 Å². The summed E-state index contributed by atoms with van der Waals surface area (Å²) < 4.78 is 38.2. The fourth-order valence-corrected chi connectivity index (χ4v) is 7.00. The first kappa shape index (κ1) is 12.9. The molecule has 5 heteroatoms. The number of rotatable bonds is 2. The number of halogens is 3. The van der Waals surface area contributed by atoms with E-state index in [1.807, 2.05) is 18.2 Å². The number of hydrogen-bond acceptors (Lipinski definition) is 1. The highest BCUT2D eigenvalue weighted by Gasteiger charge is 2.49. The maximum atomic E-state index is 12.7. The Hall–Kier alpha value is -0.528. The van der Waals surface area contributed by atoms with Crippen LogP contribution < -0.4 is 0 Å². The SMILES string of the molecule is CC1[CH2][Al]([CH2]c2ccccn2)[CH2]C1C(F)(F)F. The van der Waals surface area contributed by atoms with E-state index in [0.29, 0.717) is 5.28 Å². The van der Waals surface area contributed by atoms with E-state index >= 15 is 0 Å². The quantitative estimate of drug-likeness (QED) is 0.739. The van der Waals surface area contributed by atoms with E-state index in [-0.39, 0.29) is 5.92 Å². The van der Waals surface area contributed by atoms with Crippen LogP contribution in [0.5, 0.6) is 0 Å². The highest BCUT2D eigenvalue weighted by molar-refractivity contribution is 6.59. The van der Waals surface area contributed by atoms with Crippen molar-refractivity contribution in [2.24, 2.45) is 11.8 Å². The molecule has 1 aromatic heterocycles. The van der Waals surface area contributed by atoms with Crippen LogP contribution in [0.25, 0.3) is 0 Å². The molecular weight excluding hydrogens is 242 g/mol. The molecule has 0 saturated carbocycles. The van der Waals surface area contributed by atoms with E-state index in [2.05, 4.69) is 4.98 Å². The van der Waals surface area contributed by atoms with E-state index < -0.39 is 26.2 Å². The number of aromatic nitrogens is 1. The van der Waals surface area contributed by atoms with Crippen molar-refractivity contribution in [1.29, 1.82) is 0 Å². The molecule has 0 aromatic carbocycles. The van der Waals surface area contributed by atoms with Crippen LogP contribution in [-0.2, 0) is 5.28 Å². The van der Waals surface area contributed by atoms with Gasteiger partial charge in [0.25, 0.3) is 14.1 Å². The summed E-state index contributed by atoms with van der Waals surface area (Å²) in [6.07, 6.45) is -2.30. The molecule has 1 saturated heterocycles. The molecule has 0 bridgehead atoms. The van der Waals surface area contributed by atoms with Crippen LogP contribution in [-0.4, -0.2) is 25.3 Å². The van der Waals surface area contributed by atoms with Gasteiger partial charge >= 0.3 is 6.18 Å². The Morgan fingerprint density at radius 3 is 2.65 bits per heavy atom. The second kappa shape index (κ2) is 4.99. The third-order valence-electron chi connectivity index (χ3n) is 3.62. The fourth-order valence-electron chi connectivity index (χ4n) is 2.82. The largest absolute Gasteiger partial charge is 0.390 e. The van der Waals surface area contributed by atoms with Crippen LogP contribution in [0.15, 0.2) is 24.4 Å². The minimum absolute atomic E-state index is 0.199. The monoisotopic (exact) mass is 257 g/mol. The molecule has 2 rings (SSSR count). The van der Waals surface area contributed by atoms with Gasteiger partial charge in [-0.1, -0.05) is 28.8 Å². The van der Waals surface area contributed by atoms with Crippen LogP contribution in [0.4, 0.5) is 13.2 Å². The van der Waals surface area contributed by atoms with Gasteiger partial charge in [-0.2, -0.15) is 13.2 Å². The van der Waals surface area contributed by atoms with Gasteiger partial charge in [0, 0.05) is 17.8 Å². The molecule has 1 aliphatic heterocycles. The molecule has 0 N–H and O–H groups in total. The van der Waals surface area contributed by atoms with Crippen molar-refractivity contribution in [3.8, 4) is 0 Å². The summed E-state index contributed by atoms with van der Waals surface area (Å²) in [7, 11) is 0. The van der Waals surface area contributed by atoms with Gasteiger partial charge in [-0.3, -0.25) is 4.98 Å². The molecule has 0 aliphatic carbocycles. The van der Waals surface area contributed by atoms with E-state index in [0.717, 1.165) is 16.3 Å². The van der Waals surface area contributed by atoms with E-state index in [1.54, 1.807) is 13.1 Å². The average Bonchev–Trinajstić information content (AvgIpc) is 2.60. The van der Waals surface area contributed by atoms with Crippen molar-refractivity contribution in [2.45, 2.75) is 28.9 Å². The summed E-state index contributed by atoms with van der Waals surface area (Å²) in [5.41, 5.74) is 0.958. The highest BCUT2D eigenvalue weighted by Crippen LogP contribution is 2.44. The van der Waals surface area contributed by atoms with Crippen molar-refractivity contribution in [2.75, 3.05) is 0 Å². The van der Waals surface area contributed by atoms with E-state index in [1.165, 1.54) is 0 Å². The Morgan fingerprint density at radius 1 is 1.35 bits per heavy atom. The zero-order chi connectivity index (χ0) is 12.5. The molecule has 1 aromatic rings. The molecule has 0 spiro atoms. The smallest absolute Gasteiger partial charge is 0.263 e. The third kappa shape index (κ3) is 3.23. The predicted molar refractivity (Wildman–Crippen MR) is 62.0 cm³/mol. The van der Waals surface area contributed by atoms with Crippen molar-refractivity contribution in [3.63, 3.8) is 0 Å². The summed E-state index contributed by atoms with van der Waals surface area (Å²) in [6, 6.07) is 5.65. The summed E-state index contributed by atoms with van der Waals surface area (Å²) in [5.74, 6) is -1.27. The Kier molecular flexibility index (Phi) is 3.80. The minimum Gasteiger partial charge on any atom is -0.263 e. The van der Waals surface area contributed by atoms with Gasteiger partial charge in [0.1, 0.15) is 0 Å². The number of alkyl halides is 3. The number of pyridine rings is 1. The normalized spacial score (nSPS) is 25.3. The van der Waals surface area contributed by atoms with Gasteiger partial charge in [0.05, 0.1) is 0 Å². The molecule has 92 valence electrons.